The molecule has 0 atom stereocenters. The number of imidazole rings is 1. The number of hydrogen-bond donors (Lipinski definition) is 2. The van der Waals surface area contributed by atoms with E-state index in [-0.39, 0.29) is 0 Å². The van der Waals surface area contributed by atoms with E-state index < -0.39 is 0 Å². The van der Waals surface area contributed by atoms with Gasteiger partial charge in [0.2, 0.25) is 0 Å². The monoisotopic (exact) mass is 188 g/mol. The molecule has 2 rings (SSSR count). The standard InChI is InChI=1S/C10H12N4/c11-6-9-7-13-10(14-9)5-8-3-1-2-4-12-8/h1-4,7H,5-6,11H2,(H,13,14). The van der Waals surface area contributed by atoms with Crippen molar-refractivity contribution in [1.29, 1.82) is 0 Å². The van der Waals surface area contributed by atoms with E-state index in [4.69, 9.17) is 5.73 Å². The quantitative estimate of drug-likeness (QED) is 0.750. The van der Waals surface area contributed by atoms with Gasteiger partial charge in [0.1, 0.15) is 5.82 Å². The zero-order valence-corrected chi connectivity index (χ0v) is 7.77. The Morgan fingerprint density at radius 3 is 2.86 bits per heavy atom. The van der Waals surface area contributed by atoms with Crippen molar-refractivity contribution in [3.63, 3.8) is 0 Å². The number of nitrogens with one attached hydrogen (secondary N) is 1. The van der Waals surface area contributed by atoms with Crippen molar-refractivity contribution >= 4 is 0 Å². The summed E-state index contributed by atoms with van der Waals surface area (Å²) in [6.07, 6.45) is 4.27. The maximum Gasteiger partial charge on any atom is 0.112 e. The molecule has 72 valence electrons. The molecule has 2 heterocycles. The highest BCUT2D eigenvalue weighted by molar-refractivity contribution is 5.11. The van der Waals surface area contributed by atoms with E-state index in [0.29, 0.717) is 6.54 Å². The van der Waals surface area contributed by atoms with E-state index in [1.807, 2.05) is 18.2 Å². The van der Waals surface area contributed by atoms with Gasteiger partial charge < -0.3 is 10.7 Å². The van der Waals surface area contributed by atoms with Gasteiger partial charge in [-0.3, -0.25) is 4.98 Å². The summed E-state index contributed by atoms with van der Waals surface area (Å²) >= 11 is 0. The number of aromatic amines is 1. The highest BCUT2D eigenvalue weighted by Gasteiger charge is 2.00. The average Bonchev–Trinajstić information content (AvgIpc) is 2.67. The molecule has 14 heavy (non-hydrogen) atoms. The summed E-state index contributed by atoms with van der Waals surface area (Å²) in [4.78, 5) is 11.6. The highest BCUT2D eigenvalue weighted by Crippen LogP contribution is 2.03. The van der Waals surface area contributed by atoms with Crippen LogP contribution in [0.3, 0.4) is 0 Å². The van der Waals surface area contributed by atoms with Crippen LogP contribution >= 0.6 is 0 Å². The minimum absolute atomic E-state index is 0.495. The van der Waals surface area contributed by atoms with Crippen LogP contribution in [0.2, 0.25) is 0 Å². The second-order valence-corrected chi connectivity index (χ2v) is 3.06. The lowest BCUT2D eigenvalue weighted by Crippen LogP contribution is -1.97. The first kappa shape index (κ1) is 8.90. The number of aromatic nitrogens is 3. The van der Waals surface area contributed by atoms with Gasteiger partial charge in [0.05, 0.1) is 0 Å². The molecule has 0 radical (unpaired) electrons. The van der Waals surface area contributed by atoms with Crippen LogP contribution in [0.25, 0.3) is 0 Å². The Bertz CT molecular complexity index is 394. The summed E-state index contributed by atoms with van der Waals surface area (Å²) in [5.74, 6) is 0.907. The van der Waals surface area contributed by atoms with Crippen molar-refractivity contribution in [2.24, 2.45) is 5.73 Å². The Morgan fingerprint density at radius 1 is 1.29 bits per heavy atom. The van der Waals surface area contributed by atoms with Crippen LogP contribution in [-0.4, -0.2) is 15.0 Å². The van der Waals surface area contributed by atoms with Gasteiger partial charge >= 0.3 is 0 Å². The predicted molar refractivity (Wildman–Crippen MR) is 53.5 cm³/mol. The second kappa shape index (κ2) is 4.02. The average molecular weight is 188 g/mol. The lowest BCUT2D eigenvalue weighted by Gasteiger charge is -1.95. The zero-order valence-electron chi connectivity index (χ0n) is 7.77. The molecule has 0 aliphatic carbocycles. The number of pyridine rings is 1. The third-order valence-corrected chi connectivity index (χ3v) is 1.98. The van der Waals surface area contributed by atoms with Gasteiger partial charge in [-0.15, -0.1) is 0 Å². The van der Waals surface area contributed by atoms with E-state index >= 15 is 0 Å². The van der Waals surface area contributed by atoms with Crippen molar-refractivity contribution in [3.05, 3.63) is 47.8 Å². The van der Waals surface area contributed by atoms with Crippen molar-refractivity contribution in [2.45, 2.75) is 13.0 Å². The molecule has 0 fully saturated rings. The minimum atomic E-state index is 0.495. The molecule has 3 N–H and O–H groups in total. The number of H-pyrrole nitrogens is 1. The summed E-state index contributed by atoms with van der Waals surface area (Å²) in [5.41, 5.74) is 7.43. The van der Waals surface area contributed by atoms with E-state index in [1.165, 1.54) is 0 Å². The molecular weight excluding hydrogens is 176 g/mol. The fraction of sp³-hybridized carbons (Fsp3) is 0.200. The third kappa shape index (κ3) is 1.97. The first-order valence-corrected chi connectivity index (χ1v) is 4.51. The summed E-state index contributed by atoms with van der Waals surface area (Å²) < 4.78 is 0. The summed E-state index contributed by atoms with van der Waals surface area (Å²) in [6, 6.07) is 5.84. The summed E-state index contributed by atoms with van der Waals surface area (Å²) in [5, 5.41) is 0. The maximum absolute atomic E-state index is 5.47. The van der Waals surface area contributed by atoms with Crippen LogP contribution < -0.4 is 5.73 Å². The van der Waals surface area contributed by atoms with E-state index in [2.05, 4.69) is 15.0 Å². The second-order valence-electron chi connectivity index (χ2n) is 3.06. The first-order valence-electron chi connectivity index (χ1n) is 4.51. The van der Waals surface area contributed by atoms with Crippen LogP contribution in [0.5, 0.6) is 0 Å². The molecule has 0 aliphatic heterocycles. The van der Waals surface area contributed by atoms with Gasteiger partial charge in [0.15, 0.2) is 0 Å². The fourth-order valence-electron chi connectivity index (χ4n) is 1.27. The topological polar surface area (TPSA) is 67.6 Å². The normalized spacial score (nSPS) is 10.4. The summed E-state index contributed by atoms with van der Waals surface area (Å²) in [7, 11) is 0. The van der Waals surface area contributed by atoms with Crippen molar-refractivity contribution in [1.82, 2.24) is 15.0 Å². The van der Waals surface area contributed by atoms with Gasteiger partial charge in [-0.1, -0.05) is 6.07 Å². The molecular formula is C10H12N4. The molecule has 4 nitrogen and oxygen atoms in total. The molecule has 0 saturated heterocycles. The van der Waals surface area contributed by atoms with Crippen molar-refractivity contribution < 1.29 is 0 Å². The highest BCUT2D eigenvalue weighted by atomic mass is 14.9. The van der Waals surface area contributed by atoms with Crippen LogP contribution in [0, 0.1) is 0 Å². The Labute approximate surface area is 82.2 Å². The van der Waals surface area contributed by atoms with Gasteiger partial charge in [-0.05, 0) is 12.1 Å². The van der Waals surface area contributed by atoms with Gasteiger partial charge in [-0.2, -0.15) is 0 Å². The summed E-state index contributed by atoms with van der Waals surface area (Å²) in [6.45, 7) is 0.495. The van der Waals surface area contributed by atoms with Gasteiger partial charge in [-0.25, -0.2) is 4.98 Å². The van der Waals surface area contributed by atoms with E-state index in [9.17, 15) is 0 Å². The number of nitrogens with two attached hydrogens (primary N) is 1. The van der Waals surface area contributed by atoms with Crippen LogP contribution in [0.4, 0.5) is 0 Å². The Morgan fingerprint density at radius 2 is 2.21 bits per heavy atom. The SMILES string of the molecule is NCc1cnc(Cc2ccccn2)[nH]1. The Balaban J connectivity index is 2.11. The number of hydrogen-bond acceptors (Lipinski definition) is 3. The predicted octanol–water partition coefficient (Wildman–Crippen LogP) is 0.854. The third-order valence-electron chi connectivity index (χ3n) is 1.98. The number of rotatable bonds is 3. The number of nitrogens with zero attached hydrogens (tertiary/aromatic N) is 2. The van der Waals surface area contributed by atoms with Crippen molar-refractivity contribution in [3.8, 4) is 0 Å². The Kier molecular flexibility index (Phi) is 2.55. The lowest BCUT2D eigenvalue weighted by molar-refractivity contribution is 0.945. The van der Waals surface area contributed by atoms with Crippen LogP contribution in [-0.2, 0) is 13.0 Å². The first-order chi connectivity index (χ1) is 6.88. The van der Waals surface area contributed by atoms with E-state index in [0.717, 1.165) is 23.6 Å². The lowest BCUT2D eigenvalue weighted by atomic mass is 10.3. The maximum atomic E-state index is 5.47. The van der Waals surface area contributed by atoms with Gasteiger partial charge in [0, 0.05) is 36.7 Å². The molecule has 0 amide bonds. The largest absolute Gasteiger partial charge is 0.344 e. The minimum Gasteiger partial charge on any atom is -0.344 e. The Hall–Kier alpha value is -1.68. The van der Waals surface area contributed by atoms with Crippen LogP contribution in [0.15, 0.2) is 30.6 Å². The molecule has 2 aromatic rings. The molecule has 4 heteroatoms. The van der Waals surface area contributed by atoms with E-state index in [1.54, 1.807) is 12.4 Å². The molecule has 0 aliphatic rings. The van der Waals surface area contributed by atoms with Crippen molar-refractivity contribution in [2.75, 3.05) is 0 Å². The zero-order chi connectivity index (χ0) is 9.80. The smallest absolute Gasteiger partial charge is 0.112 e. The molecule has 0 saturated carbocycles. The molecule has 0 aromatic carbocycles. The molecule has 0 unspecified atom stereocenters. The fourth-order valence-corrected chi connectivity index (χ4v) is 1.27. The molecule has 0 spiro atoms. The molecule has 2 aromatic heterocycles. The van der Waals surface area contributed by atoms with Gasteiger partial charge in [0.25, 0.3) is 0 Å². The molecule has 0 bridgehead atoms. The van der Waals surface area contributed by atoms with Crippen LogP contribution in [0.1, 0.15) is 17.2 Å².